The number of pyridine rings is 1. The number of hydrogen-bond donors (Lipinski definition) is 0. The van der Waals surface area contributed by atoms with E-state index in [1.165, 1.54) is 0 Å². The van der Waals surface area contributed by atoms with Gasteiger partial charge in [-0.3, -0.25) is 9.48 Å². The highest BCUT2D eigenvalue weighted by molar-refractivity contribution is 5.83. The molecule has 5 nitrogen and oxygen atoms in total. The lowest BCUT2D eigenvalue weighted by atomic mass is 9.99. The molecular formula is C26H21N3O2. The fourth-order valence-corrected chi connectivity index (χ4v) is 3.90. The van der Waals surface area contributed by atoms with E-state index in [-0.39, 0.29) is 5.56 Å². The van der Waals surface area contributed by atoms with Crippen LogP contribution in [0.25, 0.3) is 39.5 Å². The Hall–Kier alpha value is -4.12. The maximum absolute atomic E-state index is 13.7. The SMILES string of the molecule is Cc1c(-c2nc(-c3ccco3)ccc2-c2ccccc2)c(=O)n(-c2ccccc2)n1C. The van der Waals surface area contributed by atoms with Gasteiger partial charge in [0.05, 0.1) is 23.2 Å². The quantitative estimate of drug-likeness (QED) is 0.397. The molecule has 5 aromatic rings. The van der Waals surface area contributed by atoms with E-state index in [2.05, 4.69) is 0 Å². The Morgan fingerprint density at radius 1 is 0.839 bits per heavy atom. The second kappa shape index (κ2) is 7.61. The van der Waals surface area contributed by atoms with Crippen LogP contribution in [0.15, 0.2) is 100 Å². The second-order valence-electron chi connectivity index (χ2n) is 7.37. The van der Waals surface area contributed by atoms with E-state index >= 15 is 0 Å². The summed E-state index contributed by atoms with van der Waals surface area (Å²) in [6.45, 7) is 1.95. The molecule has 0 N–H and O–H groups in total. The van der Waals surface area contributed by atoms with Gasteiger partial charge < -0.3 is 4.42 Å². The van der Waals surface area contributed by atoms with Crippen molar-refractivity contribution in [2.45, 2.75) is 6.92 Å². The Bertz CT molecular complexity index is 1400. The maximum atomic E-state index is 13.7. The zero-order valence-electron chi connectivity index (χ0n) is 17.3. The molecule has 0 fully saturated rings. The van der Waals surface area contributed by atoms with Gasteiger partial charge in [-0.2, -0.15) is 0 Å². The molecule has 3 heterocycles. The van der Waals surface area contributed by atoms with Crippen molar-refractivity contribution in [2.24, 2.45) is 7.05 Å². The van der Waals surface area contributed by atoms with Crippen molar-refractivity contribution in [2.75, 3.05) is 0 Å². The van der Waals surface area contributed by atoms with E-state index < -0.39 is 0 Å². The number of furan rings is 1. The molecule has 0 saturated heterocycles. The standard InChI is InChI=1S/C26H21N3O2/c1-18-24(26(30)29(28(18)2)20-12-7-4-8-13-20)25-21(19-10-5-3-6-11-19)15-16-22(27-25)23-14-9-17-31-23/h3-17H,1-2H3. The smallest absolute Gasteiger partial charge is 0.281 e. The number of nitrogens with zero attached hydrogens (tertiary/aromatic N) is 3. The van der Waals surface area contributed by atoms with Crippen molar-refractivity contribution in [1.82, 2.24) is 14.3 Å². The maximum Gasteiger partial charge on any atom is 0.281 e. The molecule has 5 rings (SSSR count). The predicted octanol–water partition coefficient (Wildman–Crippen LogP) is 5.47. The highest BCUT2D eigenvalue weighted by Gasteiger charge is 2.22. The molecule has 0 bridgehead atoms. The molecule has 0 amide bonds. The predicted molar refractivity (Wildman–Crippen MR) is 122 cm³/mol. The first-order valence-corrected chi connectivity index (χ1v) is 10.1. The third-order valence-corrected chi connectivity index (χ3v) is 5.54. The normalized spacial score (nSPS) is 11.0. The lowest BCUT2D eigenvalue weighted by Gasteiger charge is -2.10. The molecule has 2 aromatic carbocycles. The van der Waals surface area contributed by atoms with Crippen molar-refractivity contribution in [1.29, 1.82) is 0 Å². The van der Waals surface area contributed by atoms with E-state index in [0.717, 1.165) is 22.5 Å². The minimum atomic E-state index is -0.104. The van der Waals surface area contributed by atoms with Crippen molar-refractivity contribution in [3.05, 3.63) is 107 Å². The van der Waals surface area contributed by atoms with Crippen LogP contribution in [0.4, 0.5) is 0 Å². The molecule has 0 radical (unpaired) electrons. The Labute approximate surface area is 179 Å². The van der Waals surface area contributed by atoms with E-state index in [1.807, 2.05) is 104 Å². The fourth-order valence-electron chi connectivity index (χ4n) is 3.90. The topological polar surface area (TPSA) is 53.0 Å². The third-order valence-electron chi connectivity index (χ3n) is 5.54. The Kier molecular flexibility index (Phi) is 4.64. The van der Waals surface area contributed by atoms with Crippen molar-refractivity contribution in [3.63, 3.8) is 0 Å². The summed E-state index contributed by atoms with van der Waals surface area (Å²) in [5, 5.41) is 0. The summed E-state index contributed by atoms with van der Waals surface area (Å²) in [6, 6.07) is 27.3. The molecule has 31 heavy (non-hydrogen) atoms. The lowest BCUT2D eigenvalue weighted by Crippen LogP contribution is -2.20. The van der Waals surface area contributed by atoms with Crippen molar-refractivity contribution in [3.8, 4) is 39.5 Å². The van der Waals surface area contributed by atoms with Crippen LogP contribution in [0.1, 0.15) is 5.69 Å². The van der Waals surface area contributed by atoms with Crippen molar-refractivity contribution >= 4 is 0 Å². The van der Waals surface area contributed by atoms with Crippen molar-refractivity contribution < 1.29 is 4.42 Å². The molecule has 152 valence electrons. The molecule has 0 aliphatic rings. The molecule has 0 spiro atoms. The molecule has 0 aliphatic carbocycles. The minimum Gasteiger partial charge on any atom is -0.463 e. The van der Waals surface area contributed by atoms with Crippen LogP contribution in [0.2, 0.25) is 0 Å². The monoisotopic (exact) mass is 407 g/mol. The van der Waals surface area contributed by atoms with Gasteiger partial charge in [0.2, 0.25) is 0 Å². The fraction of sp³-hybridized carbons (Fsp3) is 0.0769. The minimum absolute atomic E-state index is 0.104. The van der Waals surface area contributed by atoms with Gasteiger partial charge in [0.1, 0.15) is 5.69 Å². The number of aromatic nitrogens is 3. The number of rotatable bonds is 4. The summed E-state index contributed by atoms with van der Waals surface area (Å²) in [6.07, 6.45) is 1.62. The zero-order valence-corrected chi connectivity index (χ0v) is 17.3. The van der Waals surface area contributed by atoms with Gasteiger partial charge in [0.25, 0.3) is 5.56 Å². The van der Waals surface area contributed by atoms with Gasteiger partial charge in [0.15, 0.2) is 5.76 Å². The third kappa shape index (κ3) is 3.20. The summed E-state index contributed by atoms with van der Waals surface area (Å²) >= 11 is 0. The van der Waals surface area contributed by atoms with Crippen LogP contribution >= 0.6 is 0 Å². The highest BCUT2D eigenvalue weighted by atomic mass is 16.3. The van der Waals surface area contributed by atoms with Gasteiger partial charge in [-0.1, -0.05) is 48.5 Å². The second-order valence-corrected chi connectivity index (χ2v) is 7.37. The Morgan fingerprint density at radius 3 is 2.23 bits per heavy atom. The van der Waals surface area contributed by atoms with Gasteiger partial charge in [-0.15, -0.1) is 0 Å². The number of hydrogen-bond acceptors (Lipinski definition) is 3. The molecular weight excluding hydrogens is 386 g/mol. The van der Waals surface area contributed by atoms with Crippen LogP contribution in [0.5, 0.6) is 0 Å². The molecule has 0 aliphatic heterocycles. The number of benzene rings is 2. The Balaban J connectivity index is 1.80. The molecule has 0 atom stereocenters. The van der Waals surface area contributed by atoms with Gasteiger partial charge in [0, 0.05) is 18.3 Å². The van der Waals surface area contributed by atoms with Crippen LogP contribution in [-0.4, -0.2) is 14.3 Å². The van der Waals surface area contributed by atoms with E-state index in [0.29, 0.717) is 22.7 Å². The van der Waals surface area contributed by atoms with Crippen LogP contribution < -0.4 is 5.56 Å². The lowest BCUT2D eigenvalue weighted by molar-refractivity contribution is 0.580. The zero-order chi connectivity index (χ0) is 21.4. The van der Waals surface area contributed by atoms with Crippen LogP contribution in [-0.2, 0) is 7.05 Å². The molecule has 3 aromatic heterocycles. The average molecular weight is 407 g/mol. The first kappa shape index (κ1) is 18.9. The largest absolute Gasteiger partial charge is 0.463 e. The summed E-state index contributed by atoms with van der Waals surface area (Å²) in [5.41, 5.74) is 5.38. The Morgan fingerprint density at radius 2 is 1.55 bits per heavy atom. The summed E-state index contributed by atoms with van der Waals surface area (Å²) in [4.78, 5) is 18.6. The summed E-state index contributed by atoms with van der Waals surface area (Å²) < 4.78 is 9.12. The summed E-state index contributed by atoms with van der Waals surface area (Å²) in [7, 11) is 1.89. The molecule has 0 saturated carbocycles. The first-order chi connectivity index (χ1) is 15.1. The van der Waals surface area contributed by atoms with E-state index in [1.54, 1.807) is 10.9 Å². The van der Waals surface area contributed by atoms with E-state index in [4.69, 9.17) is 9.40 Å². The van der Waals surface area contributed by atoms with Crippen LogP contribution in [0.3, 0.4) is 0 Å². The molecule has 5 heteroatoms. The van der Waals surface area contributed by atoms with Gasteiger partial charge in [-0.25, -0.2) is 9.67 Å². The van der Waals surface area contributed by atoms with Gasteiger partial charge >= 0.3 is 0 Å². The number of para-hydroxylation sites is 1. The van der Waals surface area contributed by atoms with E-state index in [9.17, 15) is 4.79 Å². The summed E-state index contributed by atoms with van der Waals surface area (Å²) in [5.74, 6) is 0.665. The van der Waals surface area contributed by atoms with Gasteiger partial charge in [-0.05, 0) is 48.9 Å². The molecule has 0 unspecified atom stereocenters. The average Bonchev–Trinajstić information content (AvgIpc) is 3.42. The highest BCUT2D eigenvalue weighted by Crippen LogP contribution is 2.33. The first-order valence-electron chi connectivity index (χ1n) is 10.1. The van der Waals surface area contributed by atoms with Crippen LogP contribution in [0, 0.1) is 6.92 Å².